The van der Waals surface area contributed by atoms with Crippen LogP contribution in [0.25, 0.3) is 0 Å². The third kappa shape index (κ3) is 3.75. The zero-order valence-electron chi connectivity index (χ0n) is 13.5. The van der Waals surface area contributed by atoms with Crippen molar-refractivity contribution in [3.05, 3.63) is 0 Å². The largest absolute Gasteiger partial charge is 0.342 e. The van der Waals surface area contributed by atoms with Crippen molar-refractivity contribution >= 4 is 5.91 Å². The highest BCUT2D eigenvalue weighted by atomic mass is 16.2. The number of carbonyl (C=O) groups is 1. The monoisotopic (exact) mass is 280 g/mol. The highest BCUT2D eigenvalue weighted by Gasteiger charge is 2.34. The van der Waals surface area contributed by atoms with Gasteiger partial charge < -0.3 is 10.6 Å². The van der Waals surface area contributed by atoms with Gasteiger partial charge in [0.2, 0.25) is 5.91 Å². The van der Waals surface area contributed by atoms with E-state index in [9.17, 15) is 4.79 Å². The molecule has 3 heteroatoms. The standard InChI is InChI=1S/C17H32N2O/c1-17(2,3)13-9-11-19(12-10-13)16(20)14-7-5-4-6-8-15(14)18/h13-15H,4-12,18H2,1-3H3. The van der Waals surface area contributed by atoms with E-state index in [-0.39, 0.29) is 12.0 Å². The van der Waals surface area contributed by atoms with Gasteiger partial charge in [-0.25, -0.2) is 0 Å². The van der Waals surface area contributed by atoms with Gasteiger partial charge in [-0.2, -0.15) is 0 Å². The van der Waals surface area contributed by atoms with Crippen LogP contribution >= 0.6 is 0 Å². The third-order valence-electron chi connectivity index (χ3n) is 5.42. The van der Waals surface area contributed by atoms with Gasteiger partial charge in [0.25, 0.3) is 0 Å². The van der Waals surface area contributed by atoms with Crippen LogP contribution in [0.15, 0.2) is 0 Å². The third-order valence-corrected chi connectivity index (χ3v) is 5.42. The summed E-state index contributed by atoms with van der Waals surface area (Å²) in [5, 5.41) is 0. The Morgan fingerprint density at radius 1 is 1.00 bits per heavy atom. The van der Waals surface area contributed by atoms with Crippen molar-refractivity contribution in [2.75, 3.05) is 13.1 Å². The molecule has 20 heavy (non-hydrogen) atoms. The fraction of sp³-hybridized carbons (Fsp3) is 0.941. The zero-order chi connectivity index (χ0) is 14.8. The molecule has 2 rings (SSSR count). The van der Waals surface area contributed by atoms with Crippen molar-refractivity contribution in [3.63, 3.8) is 0 Å². The van der Waals surface area contributed by atoms with Crippen molar-refractivity contribution < 1.29 is 4.79 Å². The van der Waals surface area contributed by atoms with Crippen LogP contribution in [-0.2, 0) is 4.79 Å². The Labute approximate surface area is 124 Å². The first kappa shape index (κ1) is 15.8. The molecular formula is C17H32N2O. The molecule has 1 saturated carbocycles. The number of carbonyl (C=O) groups excluding carboxylic acids is 1. The summed E-state index contributed by atoms with van der Waals surface area (Å²) in [6, 6.07) is 0.0883. The summed E-state index contributed by atoms with van der Waals surface area (Å²) < 4.78 is 0. The number of nitrogens with zero attached hydrogens (tertiary/aromatic N) is 1. The fourth-order valence-electron chi connectivity index (χ4n) is 3.84. The van der Waals surface area contributed by atoms with Gasteiger partial charge in [0.05, 0.1) is 5.92 Å². The minimum absolute atomic E-state index is 0.0867. The van der Waals surface area contributed by atoms with Crippen LogP contribution in [0.4, 0.5) is 0 Å². The fourth-order valence-corrected chi connectivity index (χ4v) is 3.84. The lowest BCUT2D eigenvalue weighted by Gasteiger charge is -2.40. The molecule has 3 nitrogen and oxygen atoms in total. The van der Waals surface area contributed by atoms with E-state index >= 15 is 0 Å². The van der Waals surface area contributed by atoms with Gasteiger partial charge in [-0.15, -0.1) is 0 Å². The SMILES string of the molecule is CC(C)(C)C1CCN(C(=O)C2CCCCCC2N)CC1. The number of likely N-dealkylation sites (tertiary alicyclic amines) is 1. The predicted octanol–water partition coefficient (Wildman–Crippen LogP) is 3.18. The lowest BCUT2D eigenvalue weighted by Crippen LogP contribution is -2.47. The van der Waals surface area contributed by atoms with Gasteiger partial charge in [0, 0.05) is 19.1 Å². The first-order chi connectivity index (χ1) is 9.39. The molecule has 0 aromatic heterocycles. The lowest BCUT2D eigenvalue weighted by atomic mass is 9.75. The molecule has 1 heterocycles. The molecule has 0 aromatic carbocycles. The maximum absolute atomic E-state index is 12.7. The van der Waals surface area contributed by atoms with Crippen molar-refractivity contribution in [3.8, 4) is 0 Å². The van der Waals surface area contributed by atoms with Crippen molar-refractivity contribution in [2.24, 2.45) is 23.0 Å². The van der Waals surface area contributed by atoms with Gasteiger partial charge in [-0.3, -0.25) is 4.79 Å². The van der Waals surface area contributed by atoms with Crippen molar-refractivity contribution in [1.82, 2.24) is 4.90 Å². The maximum atomic E-state index is 12.7. The van der Waals surface area contributed by atoms with Crippen LogP contribution < -0.4 is 5.73 Å². The summed E-state index contributed by atoms with van der Waals surface area (Å²) in [6.07, 6.45) is 7.92. The molecule has 0 spiro atoms. The Balaban J connectivity index is 1.91. The molecule has 0 bridgehead atoms. The molecule has 116 valence electrons. The molecule has 1 amide bonds. The summed E-state index contributed by atoms with van der Waals surface area (Å²) in [5.41, 5.74) is 6.60. The highest BCUT2D eigenvalue weighted by molar-refractivity contribution is 5.79. The molecule has 1 aliphatic carbocycles. The van der Waals surface area contributed by atoms with Crippen molar-refractivity contribution in [2.45, 2.75) is 71.8 Å². The molecule has 1 saturated heterocycles. The number of piperidine rings is 1. The van der Waals surface area contributed by atoms with E-state index < -0.39 is 0 Å². The van der Waals surface area contributed by atoms with Gasteiger partial charge in [0.1, 0.15) is 0 Å². The number of nitrogens with two attached hydrogens (primary N) is 1. The maximum Gasteiger partial charge on any atom is 0.227 e. The van der Waals surface area contributed by atoms with Crippen LogP contribution in [0, 0.1) is 17.3 Å². The average Bonchev–Trinajstić information content (AvgIpc) is 2.62. The Morgan fingerprint density at radius 3 is 2.20 bits per heavy atom. The van der Waals surface area contributed by atoms with Crippen LogP contribution in [0.2, 0.25) is 0 Å². The topological polar surface area (TPSA) is 46.3 Å². The Kier molecular flexibility index (Phi) is 5.11. The first-order valence-electron chi connectivity index (χ1n) is 8.44. The smallest absolute Gasteiger partial charge is 0.227 e. The zero-order valence-corrected chi connectivity index (χ0v) is 13.5. The van der Waals surface area contributed by atoms with E-state index in [1.165, 1.54) is 19.3 Å². The number of rotatable bonds is 1. The van der Waals surface area contributed by atoms with Crippen LogP contribution in [0.3, 0.4) is 0 Å². The Bertz CT molecular complexity index is 326. The van der Waals surface area contributed by atoms with Crippen LogP contribution in [0.5, 0.6) is 0 Å². The molecule has 2 N–H and O–H groups in total. The van der Waals surface area contributed by atoms with Gasteiger partial charge in [-0.05, 0) is 37.0 Å². The van der Waals surface area contributed by atoms with E-state index in [0.717, 1.165) is 44.7 Å². The molecule has 0 aromatic rings. The molecule has 2 atom stereocenters. The quantitative estimate of drug-likeness (QED) is 0.750. The predicted molar refractivity (Wildman–Crippen MR) is 83.3 cm³/mol. The summed E-state index contributed by atoms with van der Waals surface area (Å²) in [6.45, 7) is 8.82. The van der Waals surface area contributed by atoms with Gasteiger partial charge >= 0.3 is 0 Å². The second-order valence-electron chi connectivity index (χ2n) is 7.87. The van der Waals surface area contributed by atoms with Gasteiger partial charge in [-0.1, -0.05) is 40.0 Å². The highest BCUT2D eigenvalue weighted by Crippen LogP contribution is 2.35. The van der Waals surface area contributed by atoms with Crippen LogP contribution in [-0.4, -0.2) is 29.9 Å². The molecule has 0 radical (unpaired) electrons. The van der Waals surface area contributed by atoms with E-state index in [4.69, 9.17) is 5.73 Å². The lowest BCUT2D eigenvalue weighted by molar-refractivity contribution is -0.138. The Hall–Kier alpha value is -0.570. The summed E-state index contributed by atoms with van der Waals surface area (Å²) in [5.74, 6) is 1.17. The molecule has 2 unspecified atom stereocenters. The molecular weight excluding hydrogens is 248 g/mol. The molecule has 2 aliphatic rings. The first-order valence-corrected chi connectivity index (χ1v) is 8.44. The normalized spacial score (nSPS) is 30.1. The van der Waals surface area contributed by atoms with E-state index in [1.54, 1.807) is 0 Å². The number of amides is 1. The molecule has 1 aliphatic heterocycles. The summed E-state index contributed by atoms with van der Waals surface area (Å²) in [7, 11) is 0. The minimum atomic E-state index is 0.0867. The number of hydrogen-bond donors (Lipinski definition) is 1. The van der Waals surface area contributed by atoms with Crippen LogP contribution in [0.1, 0.15) is 65.7 Å². The second kappa shape index (κ2) is 6.46. The van der Waals surface area contributed by atoms with E-state index in [0.29, 0.717) is 11.3 Å². The number of hydrogen-bond acceptors (Lipinski definition) is 2. The minimum Gasteiger partial charge on any atom is -0.342 e. The van der Waals surface area contributed by atoms with E-state index in [1.807, 2.05) is 0 Å². The second-order valence-corrected chi connectivity index (χ2v) is 7.87. The average molecular weight is 280 g/mol. The van der Waals surface area contributed by atoms with E-state index in [2.05, 4.69) is 25.7 Å². The van der Waals surface area contributed by atoms with Gasteiger partial charge in [0.15, 0.2) is 0 Å². The van der Waals surface area contributed by atoms with Crippen molar-refractivity contribution in [1.29, 1.82) is 0 Å². The summed E-state index contributed by atoms with van der Waals surface area (Å²) >= 11 is 0. The molecule has 2 fully saturated rings. The summed E-state index contributed by atoms with van der Waals surface area (Å²) in [4.78, 5) is 14.8. The Morgan fingerprint density at radius 2 is 1.60 bits per heavy atom.